The van der Waals surface area contributed by atoms with E-state index in [0.29, 0.717) is 10.8 Å². The van der Waals surface area contributed by atoms with E-state index in [2.05, 4.69) is 4.72 Å². The van der Waals surface area contributed by atoms with E-state index in [-0.39, 0.29) is 12.0 Å². The van der Waals surface area contributed by atoms with E-state index in [0.717, 1.165) is 37.0 Å². The fourth-order valence-corrected chi connectivity index (χ4v) is 4.84. The minimum Gasteiger partial charge on any atom is -0.393 e. The van der Waals surface area contributed by atoms with Crippen LogP contribution in [0.2, 0.25) is 0 Å². The third-order valence-electron chi connectivity index (χ3n) is 3.65. The van der Waals surface area contributed by atoms with E-state index < -0.39 is 10.0 Å². The van der Waals surface area contributed by atoms with Gasteiger partial charge in [0.1, 0.15) is 4.21 Å². The molecule has 6 heteroatoms. The first kappa shape index (κ1) is 15.0. The molecule has 1 aromatic rings. The number of aryl methyl sites for hydroxylation is 1. The van der Waals surface area contributed by atoms with Gasteiger partial charge in [0.15, 0.2) is 0 Å². The molecule has 0 aromatic carbocycles. The van der Waals surface area contributed by atoms with Crippen molar-refractivity contribution >= 4 is 21.4 Å². The lowest BCUT2D eigenvalue weighted by molar-refractivity contribution is 0.0724. The van der Waals surface area contributed by atoms with E-state index in [1.165, 1.54) is 11.3 Å². The smallest absolute Gasteiger partial charge is 0.250 e. The highest BCUT2D eigenvalue weighted by Crippen LogP contribution is 2.25. The van der Waals surface area contributed by atoms with Gasteiger partial charge in [0.25, 0.3) is 0 Å². The van der Waals surface area contributed by atoms with Crippen LogP contribution >= 0.6 is 11.3 Å². The maximum atomic E-state index is 12.1. The molecule has 2 unspecified atom stereocenters. The lowest BCUT2D eigenvalue weighted by Gasteiger charge is -2.27. The minimum absolute atomic E-state index is 0.0501. The summed E-state index contributed by atoms with van der Waals surface area (Å²) in [5.41, 5.74) is 0. The summed E-state index contributed by atoms with van der Waals surface area (Å²) >= 11 is 1.31. The van der Waals surface area contributed by atoms with Gasteiger partial charge in [0, 0.05) is 11.4 Å². The Balaban J connectivity index is 1.97. The fourth-order valence-electron chi connectivity index (χ4n) is 2.41. The molecule has 4 nitrogen and oxygen atoms in total. The van der Waals surface area contributed by atoms with Crippen LogP contribution in [-0.4, -0.2) is 26.2 Å². The van der Waals surface area contributed by atoms with Gasteiger partial charge >= 0.3 is 0 Å². The van der Waals surface area contributed by atoms with E-state index in [1.54, 1.807) is 6.07 Å². The van der Waals surface area contributed by atoms with Crippen LogP contribution in [0.5, 0.6) is 0 Å². The summed E-state index contributed by atoms with van der Waals surface area (Å²) < 4.78 is 27.3. The van der Waals surface area contributed by atoms with Gasteiger partial charge in [0.05, 0.1) is 6.10 Å². The van der Waals surface area contributed by atoms with Crippen LogP contribution in [-0.2, 0) is 16.4 Å². The zero-order chi connectivity index (χ0) is 13.9. The van der Waals surface area contributed by atoms with Crippen molar-refractivity contribution in [1.82, 2.24) is 4.72 Å². The van der Waals surface area contributed by atoms with Gasteiger partial charge in [-0.1, -0.05) is 19.8 Å². The maximum Gasteiger partial charge on any atom is 0.250 e. The van der Waals surface area contributed by atoms with Crippen LogP contribution in [0.3, 0.4) is 0 Å². The van der Waals surface area contributed by atoms with Crippen LogP contribution in [0.4, 0.5) is 0 Å². The molecule has 1 saturated carbocycles. The molecule has 1 aromatic heterocycles. The molecule has 0 spiro atoms. The van der Waals surface area contributed by atoms with Crippen molar-refractivity contribution in [2.75, 3.05) is 6.54 Å². The molecule has 1 aliphatic carbocycles. The number of hydrogen-bond donors (Lipinski definition) is 2. The van der Waals surface area contributed by atoms with Crippen molar-refractivity contribution in [3.63, 3.8) is 0 Å². The zero-order valence-corrected chi connectivity index (χ0v) is 12.8. The predicted molar refractivity (Wildman–Crippen MR) is 76.9 cm³/mol. The van der Waals surface area contributed by atoms with Gasteiger partial charge in [-0.15, -0.1) is 11.3 Å². The Morgan fingerprint density at radius 1 is 1.37 bits per heavy atom. The molecule has 1 heterocycles. The van der Waals surface area contributed by atoms with Gasteiger partial charge in [-0.2, -0.15) is 0 Å². The minimum atomic E-state index is -3.41. The molecule has 19 heavy (non-hydrogen) atoms. The molecular formula is C13H21NO3S2. The number of thiophene rings is 1. The standard InChI is InChI=1S/C13H21NO3S2/c1-2-11-7-8-13(18-11)19(16,17)14-9-10-5-3-4-6-12(10)15/h7-8,10,12,14-15H,2-6,9H2,1H3. The summed E-state index contributed by atoms with van der Waals surface area (Å²) in [5.74, 6) is 0.0501. The summed E-state index contributed by atoms with van der Waals surface area (Å²) in [4.78, 5) is 1.07. The second-order valence-corrected chi connectivity index (χ2v) is 8.20. The SMILES string of the molecule is CCc1ccc(S(=O)(=O)NCC2CCCCC2O)s1. The Kier molecular flexibility index (Phi) is 5.00. The van der Waals surface area contributed by atoms with Crippen molar-refractivity contribution in [2.24, 2.45) is 5.92 Å². The Hall–Kier alpha value is -0.430. The average Bonchev–Trinajstić information content (AvgIpc) is 2.87. The van der Waals surface area contributed by atoms with Crippen LogP contribution in [0.1, 0.15) is 37.5 Å². The van der Waals surface area contributed by atoms with Crippen LogP contribution in [0.15, 0.2) is 16.3 Å². The first-order valence-electron chi connectivity index (χ1n) is 6.79. The summed E-state index contributed by atoms with van der Waals surface area (Å²) in [6, 6.07) is 3.51. The lowest BCUT2D eigenvalue weighted by atomic mass is 9.87. The number of sulfonamides is 1. The second kappa shape index (κ2) is 6.35. The maximum absolute atomic E-state index is 12.1. The zero-order valence-electron chi connectivity index (χ0n) is 11.1. The third kappa shape index (κ3) is 3.78. The molecule has 0 radical (unpaired) electrons. The Morgan fingerprint density at radius 2 is 2.11 bits per heavy atom. The number of hydrogen-bond acceptors (Lipinski definition) is 4. The van der Waals surface area contributed by atoms with Crippen LogP contribution in [0, 0.1) is 5.92 Å². The largest absolute Gasteiger partial charge is 0.393 e. The summed E-state index contributed by atoms with van der Waals surface area (Å²) in [6.45, 7) is 2.34. The fraction of sp³-hybridized carbons (Fsp3) is 0.692. The molecule has 0 bridgehead atoms. The normalized spacial score (nSPS) is 24.5. The van der Waals surface area contributed by atoms with Crippen molar-refractivity contribution < 1.29 is 13.5 Å². The molecule has 0 aliphatic heterocycles. The van der Waals surface area contributed by atoms with Gasteiger partial charge in [0.2, 0.25) is 10.0 Å². The molecule has 1 aliphatic rings. The Bertz CT molecular complexity index is 510. The first-order chi connectivity index (χ1) is 9.03. The highest BCUT2D eigenvalue weighted by atomic mass is 32.2. The van der Waals surface area contributed by atoms with E-state index in [9.17, 15) is 13.5 Å². The van der Waals surface area contributed by atoms with Crippen LogP contribution in [0.25, 0.3) is 0 Å². The molecular weight excluding hydrogens is 282 g/mol. The quantitative estimate of drug-likeness (QED) is 0.876. The number of aliphatic hydroxyl groups excluding tert-OH is 1. The predicted octanol–water partition coefficient (Wildman–Crippen LogP) is 2.14. The molecule has 1 fully saturated rings. The summed E-state index contributed by atoms with van der Waals surface area (Å²) in [5, 5.41) is 9.85. The van der Waals surface area contributed by atoms with Crippen molar-refractivity contribution in [2.45, 2.75) is 49.3 Å². The molecule has 0 saturated heterocycles. The van der Waals surface area contributed by atoms with Crippen molar-refractivity contribution in [3.8, 4) is 0 Å². The molecule has 108 valence electrons. The van der Waals surface area contributed by atoms with Crippen molar-refractivity contribution in [1.29, 1.82) is 0 Å². The molecule has 0 amide bonds. The second-order valence-electron chi connectivity index (χ2n) is 5.04. The van der Waals surface area contributed by atoms with Gasteiger partial charge in [-0.25, -0.2) is 13.1 Å². The van der Waals surface area contributed by atoms with E-state index in [1.807, 2.05) is 13.0 Å². The highest BCUT2D eigenvalue weighted by Gasteiger charge is 2.25. The lowest BCUT2D eigenvalue weighted by Crippen LogP contribution is -2.36. The van der Waals surface area contributed by atoms with Crippen molar-refractivity contribution in [3.05, 3.63) is 17.0 Å². The van der Waals surface area contributed by atoms with Gasteiger partial charge in [-0.3, -0.25) is 0 Å². The molecule has 2 rings (SSSR count). The molecule has 2 atom stereocenters. The Morgan fingerprint density at radius 3 is 2.74 bits per heavy atom. The third-order valence-corrected chi connectivity index (χ3v) is 6.80. The summed E-state index contributed by atoms with van der Waals surface area (Å²) in [7, 11) is -3.41. The average molecular weight is 303 g/mol. The van der Waals surface area contributed by atoms with E-state index in [4.69, 9.17) is 0 Å². The number of rotatable bonds is 5. The summed E-state index contributed by atoms with van der Waals surface area (Å²) in [6.07, 6.45) is 4.27. The number of nitrogens with one attached hydrogen (secondary N) is 1. The monoisotopic (exact) mass is 303 g/mol. The van der Waals surface area contributed by atoms with Crippen LogP contribution < -0.4 is 4.72 Å². The van der Waals surface area contributed by atoms with Gasteiger partial charge in [-0.05, 0) is 37.3 Å². The van der Waals surface area contributed by atoms with E-state index >= 15 is 0 Å². The Labute approximate surface area is 118 Å². The van der Waals surface area contributed by atoms with Gasteiger partial charge < -0.3 is 5.11 Å². The topological polar surface area (TPSA) is 66.4 Å². The highest BCUT2D eigenvalue weighted by molar-refractivity contribution is 7.91. The number of aliphatic hydroxyl groups is 1. The first-order valence-corrected chi connectivity index (χ1v) is 9.09. The molecule has 2 N–H and O–H groups in total.